The van der Waals surface area contributed by atoms with Gasteiger partial charge in [0.05, 0.1) is 0 Å². The SMILES string of the molecule is O=[N+]([O-])[O][Pu][U+2](=[O])=[O]. The summed E-state index contributed by atoms with van der Waals surface area (Å²) in [5, 5.41) is 8.25. The van der Waals surface area contributed by atoms with Crippen molar-refractivity contribution in [2.24, 2.45) is 0 Å². The molecule has 0 heterocycles. The summed E-state index contributed by atoms with van der Waals surface area (Å²) in [6.45, 7) is 0. The first-order valence-electron chi connectivity index (χ1n) is 1.33. The van der Waals surface area contributed by atoms with Crippen molar-refractivity contribution in [3.05, 3.63) is 10.1 Å². The molecular formula is NO5PuU+2. The maximum atomic E-state index is 9.75. The van der Waals surface area contributed by atoms with Crippen molar-refractivity contribution >= 4 is 0 Å². The average Bonchev–Trinajstić information content (AvgIpc) is 1.61. The molecule has 0 unspecified atom stereocenters. The van der Waals surface area contributed by atoms with Crippen LogP contribution in [0.15, 0.2) is 0 Å². The number of rotatable bonds is 3. The van der Waals surface area contributed by atoms with E-state index in [1.165, 1.54) is 0 Å². The van der Waals surface area contributed by atoms with Gasteiger partial charge in [-0.15, -0.1) is 0 Å². The quantitative estimate of drug-likeness (QED) is 0.332. The third-order valence-electron chi connectivity index (χ3n) is 0.166. The molecule has 0 rings (SSSR count). The summed E-state index contributed by atoms with van der Waals surface area (Å²) in [4.78, 5) is 9.29. The van der Waals surface area contributed by atoms with Crippen molar-refractivity contribution in [3.8, 4) is 0 Å². The second-order valence-corrected chi connectivity index (χ2v) is 23.4. The third kappa shape index (κ3) is 6.84. The molecule has 0 amide bonds. The van der Waals surface area contributed by atoms with Crippen LogP contribution in [0.3, 0.4) is 0 Å². The van der Waals surface area contributed by atoms with Gasteiger partial charge in [0.2, 0.25) is 0 Å². The van der Waals surface area contributed by atoms with Crippen LogP contribution in [0, 0.1) is 49.9 Å². The zero-order valence-corrected chi connectivity index (χ0v) is 11.0. The maximum absolute atomic E-state index is 9.75. The van der Waals surface area contributed by atoms with E-state index >= 15 is 0 Å². The number of hydrogen-bond acceptors (Lipinski definition) is 5. The van der Waals surface area contributed by atoms with Crippen molar-refractivity contribution in [2.45, 2.75) is 0 Å². The average molecular weight is 576 g/mol. The van der Waals surface area contributed by atoms with Gasteiger partial charge in [0.1, 0.15) is 0 Å². The van der Waals surface area contributed by atoms with Gasteiger partial charge in [0, 0.05) is 0 Å². The molecule has 0 aromatic heterocycles. The molecule has 0 bridgehead atoms. The molecule has 0 aliphatic carbocycles. The standard InChI is InChI=1S/NO3.2O.Pu.U/c2-1(3)4;;;;/q-1;;;+1;+2. The summed E-state index contributed by atoms with van der Waals surface area (Å²) in [5.41, 5.74) is 0. The Bertz CT molecular complexity index is 141. The van der Waals surface area contributed by atoms with E-state index in [1.807, 2.05) is 0 Å². The van der Waals surface area contributed by atoms with Crippen molar-refractivity contribution in [1.82, 2.24) is 0 Å². The van der Waals surface area contributed by atoms with Crippen LogP contribution >= 0.6 is 0 Å². The predicted molar refractivity (Wildman–Crippen MR) is 9.45 cm³/mol. The monoisotopic (exact) mass is 570 g/mol. The molecule has 0 aromatic rings. The van der Waals surface area contributed by atoms with Gasteiger partial charge >= 0.3 is 62.1 Å². The zero-order chi connectivity index (χ0) is 6.57. The summed E-state index contributed by atoms with van der Waals surface area (Å²) >= 11 is -6.05. The molecule has 0 atom stereocenters. The van der Waals surface area contributed by atoms with Crippen LogP contribution in [0.1, 0.15) is 0 Å². The fourth-order valence-corrected chi connectivity index (χ4v) is 5.29. The Labute approximate surface area is 61.1 Å². The molecule has 8 heavy (non-hydrogen) atoms. The molecule has 0 N–H and O–H groups in total. The fourth-order valence-electron chi connectivity index (χ4n) is 0.0609. The van der Waals surface area contributed by atoms with Crippen LogP contribution in [0.25, 0.3) is 0 Å². The summed E-state index contributed by atoms with van der Waals surface area (Å²) in [5.74, 6) is 0. The van der Waals surface area contributed by atoms with Gasteiger partial charge in [0.25, 0.3) is 0 Å². The van der Waals surface area contributed by atoms with E-state index in [0.29, 0.717) is 0 Å². The minimum atomic E-state index is -3.87. The second kappa shape index (κ2) is 4.69. The molecule has 0 saturated heterocycles. The first kappa shape index (κ1) is 8.84. The van der Waals surface area contributed by atoms with Gasteiger partial charge in [-0.3, -0.25) is 0 Å². The van der Waals surface area contributed by atoms with Gasteiger partial charge in [-0.05, 0) is 0 Å². The third-order valence-corrected chi connectivity index (χ3v) is 9.73. The second-order valence-electron chi connectivity index (χ2n) is 0.631. The van der Waals surface area contributed by atoms with Crippen molar-refractivity contribution < 1.29 is 52.0 Å². The Balaban J connectivity index is 3.32. The van der Waals surface area contributed by atoms with E-state index in [2.05, 4.69) is 2.57 Å². The first-order valence-corrected chi connectivity index (χ1v) is 23.7. The molecular weight excluding hydrogens is 576 g/mol. The van der Waals surface area contributed by atoms with Gasteiger partial charge < -0.3 is 0 Å². The zero-order valence-electron chi connectivity index (χ0n) is 3.40. The Morgan fingerprint density at radius 3 is 2.25 bits per heavy atom. The van der Waals surface area contributed by atoms with E-state index in [0.717, 1.165) is 0 Å². The summed E-state index contributed by atoms with van der Waals surface area (Å²) < 4.78 is 23.2. The number of nitrogens with zero attached hydrogens (tertiary/aromatic N) is 1. The van der Waals surface area contributed by atoms with E-state index < -0.39 is 44.9 Å². The summed E-state index contributed by atoms with van der Waals surface area (Å²) in [6.07, 6.45) is 0. The van der Waals surface area contributed by atoms with Gasteiger partial charge in [-0.25, -0.2) is 0 Å². The molecule has 0 saturated carbocycles. The molecule has 6 nitrogen and oxygen atoms in total. The van der Waals surface area contributed by atoms with Crippen LogP contribution in [0.2, 0.25) is 0 Å². The Hall–Kier alpha value is 0.839. The van der Waals surface area contributed by atoms with Gasteiger partial charge in [-0.1, -0.05) is 0 Å². The molecule has 0 aromatic carbocycles. The van der Waals surface area contributed by atoms with Crippen LogP contribution in [0.5, 0.6) is 0 Å². The minimum absolute atomic E-state index is 1.04. The summed E-state index contributed by atoms with van der Waals surface area (Å²) in [7, 11) is 0. The molecule has 0 spiro atoms. The Morgan fingerprint density at radius 1 is 1.62 bits per heavy atom. The topological polar surface area (TPSA) is 86.5 Å². The van der Waals surface area contributed by atoms with E-state index in [4.69, 9.17) is 0 Å². The van der Waals surface area contributed by atoms with Crippen LogP contribution in [0.4, 0.5) is 0 Å². The first-order chi connectivity index (χ1) is 3.63. The van der Waals surface area contributed by atoms with Crippen LogP contribution < -0.4 is 0 Å². The predicted octanol–water partition coefficient (Wildman–Crippen LogP) is -0.579. The van der Waals surface area contributed by atoms with E-state index in [-0.39, 0.29) is 0 Å². The molecule has 0 radical (unpaired) electrons. The Morgan fingerprint density at radius 2 is 2.12 bits per heavy atom. The van der Waals surface area contributed by atoms with Crippen LogP contribution in [-0.2, 0) is 7.04 Å². The van der Waals surface area contributed by atoms with E-state index in [1.54, 1.807) is 0 Å². The van der Waals surface area contributed by atoms with Crippen molar-refractivity contribution in [1.29, 1.82) is 0 Å². The van der Waals surface area contributed by atoms with Crippen LogP contribution in [-0.4, -0.2) is 5.09 Å². The fraction of sp³-hybridized carbons (Fsp3) is 0. The molecule has 0 fully saturated rings. The van der Waals surface area contributed by atoms with Gasteiger partial charge in [0.15, 0.2) is 0 Å². The molecule has 0 aliphatic rings. The van der Waals surface area contributed by atoms with Gasteiger partial charge in [-0.2, -0.15) is 0 Å². The number of hydrogen-bond donors (Lipinski definition) is 0. The Kier molecular flexibility index (Phi) is 5.18. The van der Waals surface area contributed by atoms with Crippen molar-refractivity contribution in [3.63, 3.8) is 0 Å². The normalized spacial score (nSPS) is 7.00. The van der Waals surface area contributed by atoms with E-state index in [9.17, 15) is 14.6 Å². The molecule has 43 valence electrons. The van der Waals surface area contributed by atoms with Crippen molar-refractivity contribution in [2.75, 3.05) is 0 Å². The summed E-state index contributed by atoms with van der Waals surface area (Å²) in [6, 6.07) is 0. The molecule has 0 aliphatic heterocycles. The molecule has 8 heteroatoms.